The Morgan fingerprint density at radius 3 is 0.979 bits per heavy atom. The highest BCUT2D eigenvalue weighted by molar-refractivity contribution is 5.88. The predicted octanol–water partition coefficient (Wildman–Crippen LogP) is 7.25. The summed E-state index contributed by atoms with van der Waals surface area (Å²) in [5, 5.41) is 0. The number of fused-ring (bicyclic) bond motifs is 4. The number of carbonyl (C=O) groups is 8. The van der Waals surface area contributed by atoms with Gasteiger partial charge in [-0.25, -0.2) is 19.6 Å². The van der Waals surface area contributed by atoms with Gasteiger partial charge in [-0.15, -0.1) is 0 Å². The Morgan fingerprint density at radius 2 is 0.677 bits per heavy atom. The normalized spacial score (nSPS) is 13.4. The molecule has 96 heavy (non-hydrogen) atoms. The quantitative estimate of drug-likeness (QED) is 0.0162. The molecule has 0 bridgehead atoms. The minimum Gasteiger partial charge on any atom is -0.462 e. The molecule has 0 aromatic heterocycles. The number of benzene rings is 2. The molecule has 6 atom stereocenters. The third-order valence-electron chi connectivity index (χ3n) is 15.4. The molecule has 0 saturated heterocycles. The zero-order valence-electron chi connectivity index (χ0n) is 56.8. The molecule has 4 aliphatic heterocycles. The molecule has 2 aromatic carbocycles. The number of aryl methyl sites for hydroxylation is 2. The van der Waals surface area contributed by atoms with Gasteiger partial charge in [0.15, 0.2) is 59.7 Å². The number of ether oxygens (including phenoxy) is 8. The molecule has 0 spiro atoms. The van der Waals surface area contributed by atoms with Crippen molar-refractivity contribution in [1.29, 1.82) is 0 Å². The third kappa shape index (κ3) is 19.6. The molecule has 4 heterocycles. The van der Waals surface area contributed by atoms with Crippen LogP contribution in [0.3, 0.4) is 0 Å². The summed E-state index contributed by atoms with van der Waals surface area (Å²) >= 11 is 0. The van der Waals surface area contributed by atoms with Crippen molar-refractivity contribution in [1.82, 2.24) is 38.2 Å². The second-order valence-electron chi connectivity index (χ2n) is 23.4. The van der Waals surface area contributed by atoms with E-state index in [1.165, 1.54) is 23.2 Å². The van der Waals surface area contributed by atoms with Crippen LogP contribution in [-0.4, -0.2) is 136 Å². The summed E-state index contributed by atoms with van der Waals surface area (Å²) in [7, 11) is 2.46. The Morgan fingerprint density at radius 1 is 0.396 bits per heavy atom. The summed E-state index contributed by atoms with van der Waals surface area (Å²) < 4.78 is 52.0. The summed E-state index contributed by atoms with van der Waals surface area (Å²) in [6, 6.07) is 6.68. The molecule has 520 valence electrons. The van der Waals surface area contributed by atoms with Crippen molar-refractivity contribution < 1.29 is 76.3 Å². The molecule has 0 saturated carbocycles. The second-order valence-corrected chi connectivity index (χ2v) is 23.4. The minimum absolute atomic E-state index is 0.00179. The fraction of sp³-hybridized carbons (Fsp3) is 0.559. The van der Waals surface area contributed by atoms with Crippen LogP contribution in [0.5, 0.6) is 0 Å². The van der Waals surface area contributed by atoms with Gasteiger partial charge in [0.1, 0.15) is 13.2 Å². The van der Waals surface area contributed by atoms with Crippen LogP contribution in [0.25, 0.3) is 57.3 Å². The first kappa shape index (κ1) is 75.5. The summed E-state index contributed by atoms with van der Waals surface area (Å²) in [6.45, 7) is 15.2. The fourth-order valence-corrected chi connectivity index (χ4v) is 10.5. The Balaban J connectivity index is 1.64. The molecule has 6 rings (SSSR count). The van der Waals surface area contributed by atoms with Crippen LogP contribution in [0.2, 0.25) is 0 Å². The lowest BCUT2D eigenvalue weighted by atomic mass is 10.0. The van der Waals surface area contributed by atoms with E-state index in [-0.39, 0.29) is 96.5 Å². The van der Waals surface area contributed by atoms with E-state index in [1.54, 1.807) is 106 Å². The molecule has 2 aromatic rings. The molecule has 4 aliphatic rings. The van der Waals surface area contributed by atoms with Gasteiger partial charge in [0.25, 0.3) is 11.1 Å². The van der Waals surface area contributed by atoms with Gasteiger partial charge in [-0.2, -0.15) is 9.97 Å². The van der Waals surface area contributed by atoms with Crippen LogP contribution in [0, 0.1) is 13.8 Å². The molecule has 0 unspecified atom stereocenters. The van der Waals surface area contributed by atoms with Crippen LogP contribution in [0.4, 0.5) is 0 Å². The smallest absolute Gasteiger partial charge is 0.352 e. The zero-order valence-corrected chi connectivity index (χ0v) is 56.8. The first-order valence-corrected chi connectivity index (χ1v) is 32.9. The van der Waals surface area contributed by atoms with E-state index in [9.17, 15) is 57.5 Å². The lowest BCUT2D eigenvalue weighted by Gasteiger charge is -2.33. The number of hydrogen-bond acceptors (Lipinski definition) is 24. The fourth-order valence-electron chi connectivity index (χ4n) is 10.5. The minimum atomic E-state index is -1.67. The van der Waals surface area contributed by atoms with Gasteiger partial charge in [0.2, 0.25) is 0 Å². The lowest BCUT2D eigenvalue weighted by molar-refractivity contribution is -0.193. The van der Waals surface area contributed by atoms with Crippen LogP contribution in [0.1, 0.15) is 180 Å². The van der Waals surface area contributed by atoms with Gasteiger partial charge in [-0.3, -0.25) is 57.1 Å². The third-order valence-corrected chi connectivity index (χ3v) is 15.4. The highest BCUT2D eigenvalue weighted by Crippen LogP contribution is 2.32. The number of nitrogens with zero attached hydrogens (tertiary/aromatic N) is 8. The number of carbonyl (C=O) groups excluding carboxylic acids is 8. The Labute approximate surface area is 554 Å². The lowest BCUT2D eigenvalue weighted by Crippen LogP contribution is -2.50. The van der Waals surface area contributed by atoms with E-state index >= 15 is 0 Å². The molecule has 0 fully saturated rings. The molecular weight excluding hydrogens is 1250 g/mol. The van der Waals surface area contributed by atoms with Gasteiger partial charge in [-0.1, -0.05) is 67.5 Å². The van der Waals surface area contributed by atoms with Gasteiger partial charge < -0.3 is 47.0 Å². The molecule has 0 amide bonds. The van der Waals surface area contributed by atoms with Gasteiger partial charge in [-0.05, 0) is 112 Å². The Kier molecular flexibility index (Phi) is 28.2. The van der Waals surface area contributed by atoms with Crippen molar-refractivity contribution in [2.75, 3.05) is 13.2 Å². The maximum atomic E-state index is 14.1. The highest BCUT2D eigenvalue weighted by atomic mass is 16.6. The maximum Gasteiger partial charge on any atom is 0.352 e. The summed E-state index contributed by atoms with van der Waals surface area (Å²) in [4.78, 5) is 181. The first-order chi connectivity index (χ1) is 45.8. The molecule has 28 heteroatoms. The van der Waals surface area contributed by atoms with Crippen LogP contribution in [-0.2, 0) is 103 Å². The van der Waals surface area contributed by atoms with Crippen LogP contribution < -0.4 is 22.5 Å². The Hall–Kier alpha value is -9.50. The van der Waals surface area contributed by atoms with E-state index < -0.39 is 133 Å². The van der Waals surface area contributed by atoms with Gasteiger partial charge in [0.05, 0.1) is 35.2 Å². The standard InChI is InChI=1S/C68H88N8O20/c1-13-21-51(77)89-37-49(93-55(81)25-17-5)61(95-57(83)27-19-7)47(91-53(79)23-15-3)35-75-45-33-41(39(9)31-43(45)69-59-63(75)71-67(87)73(11)65(59)85)29-30-42-34-46-44(32-40(42)10)70-60-64(72-68(88)74(12)66(60)86)76(46)36-48(92-54(80)24-16-4)62(96-58(84)28-20-8)50(94-56(82)26-18-6)38-90-52(78)22-14-2/h29-34,47-50,61-62H,13-28,35-38H2,1-12H3/b30-29+/t47-,48-,49+,50+,61-,62-/m0/s1. The molecule has 0 aliphatic carbocycles. The first-order valence-electron chi connectivity index (χ1n) is 32.9. The maximum absolute atomic E-state index is 14.1. The second kappa shape index (κ2) is 35.8. The van der Waals surface area contributed by atoms with Crippen molar-refractivity contribution in [3.63, 3.8) is 0 Å². The van der Waals surface area contributed by atoms with Crippen LogP contribution in [0.15, 0.2) is 43.4 Å². The van der Waals surface area contributed by atoms with Crippen molar-refractivity contribution in [3.8, 4) is 23.0 Å². The van der Waals surface area contributed by atoms with E-state index in [4.69, 9.17) is 47.9 Å². The van der Waals surface area contributed by atoms with Crippen molar-refractivity contribution >= 4 is 82.0 Å². The molecular formula is C68H88N8O20. The van der Waals surface area contributed by atoms with E-state index in [0.717, 1.165) is 9.13 Å². The number of rotatable bonds is 36. The van der Waals surface area contributed by atoms with Crippen molar-refractivity contribution in [3.05, 3.63) is 88.2 Å². The number of aromatic nitrogens is 8. The summed E-state index contributed by atoms with van der Waals surface area (Å²) in [5.74, 6) is -6.36. The molecule has 28 nitrogen and oxygen atoms in total. The summed E-state index contributed by atoms with van der Waals surface area (Å²) in [6.07, 6.45) is -4.01. The number of esters is 8. The monoisotopic (exact) mass is 1340 g/mol. The SMILES string of the molecule is CCCC(=O)OC[C@@H](OC(=O)CCC)[C@@H](OC(=O)CCC)[C@H](Cn1c2nc(=O)n(C)c(=O)c-2nc2cc(C)c(/C=C/c3cc4c(cc3C)nc3c(=O)n(C)c(=O)nc-3n4C[C@H](OC(=O)CCC)[C@H](OC(=O)CCC)[C@@H](COC(=O)CCC)OC(=O)CCC)cc21)OC(=O)CCC. The average Bonchev–Trinajstić information content (AvgIpc) is 0.752. The molecule has 0 N–H and O–H groups in total. The predicted molar refractivity (Wildman–Crippen MR) is 350 cm³/mol. The largest absolute Gasteiger partial charge is 0.462 e. The van der Waals surface area contributed by atoms with Crippen molar-refractivity contribution in [2.45, 2.75) is 222 Å². The van der Waals surface area contributed by atoms with Crippen molar-refractivity contribution in [2.24, 2.45) is 14.1 Å². The Bertz CT molecular complexity index is 3760. The topological polar surface area (TPSA) is 350 Å². The van der Waals surface area contributed by atoms with Gasteiger partial charge >= 0.3 is 59.1 Å². The summed E-state index contributed by atoms with van der Waals surface area (Å²) in [5.41, 5.74) is -1.13. The van der Waals surface area contributed by atoms with Crippen LogP contribution >= 0.6 is 0 Å². The van der Waals surface area contributed by atoms with E-state index in [1.807, 2.05) is 0 Å². The van der Waals surface area contributed by atoms with E-state index in [2.05, 4.69) is 9.97 Å². The average molecular weight is 1340 g/mol. The van der Waals surface area contributed by atoms with E-state index in [0.29, 0.717) is 73.6 Å². The highest BCUT2D eigenvalue weighted by Gasteiger charge is 2.43. The molecule has 0 radical (unpaired) electrons. The van der Waals surface area contributed by atoms with Gasteiger partial charge in [0, 0.05) is 65.5 Å². The zero-order chi connectivity index (χ0) is 70.5. The number of hydrogen-bond donors (Lipinski definition) is 0.